The predicted molar refractivity (Wildman–Crippen MR) is 64.7 cm³/mol. The molecular weight excluding hydrogens is 294 g/mol. The second-order valence-corrected chi connectivity index (χ2v) is 3.85. The van der Waals surface area contributed by atoms with Crippen LogP contribution in [0.4, 0.5) is 0 Å². The highest BCUT2D eigenvalue weighted by Gasteiger charge is 2.02. The third-order valence-corrected chi connectivity index (χ3v) is 2.53. The molecule has 0 radical (unpaired) electrons. The average molecular weight is 312 g/mol. The van der Waals surface area contributed by atoms with Crippen molar-refractivity contribution in [1.29, 1.82) is 0 Å². The van der Waals surface area contributed by atoms with Crippen LogP contribution >= 0.6 is 0 Å². The predicted octanol–water partition coefficient (Wildman–Crippen LogP) is -1.34. The minimum atomic E-state index is 0. The first-order valence-corrected chi connectivity index (χ1v) is 5.98. The van der Waals surface area contributed by atoms with Gasteiger partial charge in [-0.3, -0.25) is 0 Å². The molecule has 98 valence electrons. The van der Waals surface area contributed by atoms with Crippen LogP contribution in [0.1, 0.15) is 13.3 Å². The summed E-state index contributed by atoms with van der Waals surface area (Å²) in [6.07, 6.45) is 4.85. The fourth-order valence-corrected chi connectivity index (χ4v) is 1.60. The first-order valence-electron chi connectivity index (χ1n) is 5.98. The van der Waals surface area contributed by atoms with Crippen molar-refractivity contribution in [3.63, 3.8) is 0 Å². The van der Waals surface area contributed by atoms with Crippen molar-refractivity contribution in [1.82, 2.24) is 9.78 Å². The van der Waals surface area contributed by atoms with Crippen LogP contribution in [0.5, 0.6) is 5.75 Å². The number of hydrogen-bond donors (Lipinski definition) is 0. The SMILES string of the molecule is CCn1c[n+](CCCOc2ccccc2)cn1.[Br-]. The number of hydrogen-bond acceptors (Lipinski definition) is 2. The van der Waals surface area contributed by atoms with Gasteiger partial charge in [-0.05, 0) is 19.1 Å². The molecule has 0 amide bonds. The van der Waals surface area contributed by atoms with Gasteiger partial charge in [0.2, 0.25) is 6.33 Å². The van der Waals surface area contributed by atoms with Gasteiger partial charge in [-0.25, -0.2) is 4.57 Å². The highest BCUT2D eigenvalue weighted by Crippen LogP contribution is 2.08. The summed E-state index contributed by atoms with van der Waals surface area (Å²) in [5, 5.41) is 4.21. The van der Waals surface area contributed by atoms with E-state index in [0.29, 0.717) is 0 Å². The third kappa shape index (κ3) is 4.49. The summed E-state index contributed by atoms with van der Waals surface area (Å²) in [4.78, 5) is 0. The monoisotopic (exact) mass is 311 g/mol. The molecule has 18 heavy (non-hydrogen) atoms. The highest BCUT2D eigenvalue weighted by atomic mass is 79.9. The summed E-state index contributed by atoms with van der Waals surface area (Å²) < 4.78 is 9.62. The van der Waals surface area contributed by atoms with Gasteiger partial charge in [0.1, 0.15) is 12.3 Å². The van der Waals surface area contributed by atoms with E-state index in [4.69, 9.17) is 4.74 Å². The lowest BCUT2D eigenvalue weighted by Crippen LogP contribution is -3.00. The van der Waals surface area contributed by atoms with E-state index in [1.165, 1.54) is 0 Å². The Hall–Kier alpha value is -1.36. The molecule has 0 aliphatic heterocycles. The van der Waals surface area contributed by atoms with Gasteiger partial charge in [-0.15, -0.1) is 4.68 Å². The van der Waals surface area contributed by atoms with Crippen LogP contribution in [-0.4, -0.2) is 16.4 Å². The van der Waals surface area contributed by atoms with Crippen LogP contribution < -0.4 is 26.3 Å². The summed E-state index contributed by atoms with van der Waals surface area (Å²) in [6, 6.07) is 9.90. The van der Waals surface area contributed by atoms with E-state index in [-0.39, 0.29) is 17.0 Å². The Balaban J connectivity index is 0.00000162. The molecule has 0 N–H and O–H groups in total. The van der Waals surface area contributed by atoms with Crippen molar-refractivity contribution < 1.29 is 26.3 Å². The normalized spacial score (nSPS) is 9.83. The second-order valence-electron chi connectivity index (χ2n) is 3.85. The van der Waals surface area contributed by atoms with Crippen molar-refractivity contribution in [2.75, 3.05) is 6.61 Å². The zero-order valence-corrected chi connectivity index (χ0v) is 12.1. The summed E-state index contributed by atoms with van der Waals surface area (Å²) in [5.41, 5.74) is 0. The molecule has 0 aliphatic carbocycles. The van der Waals surface area contributed by atoms with Crippen LogP contribution in [0, 0.1) is 0 Å². The molecule has 1 aromatic heterocycles. The molecular formula is C13H18BrN3O. The van der Waals surface area contributed by atoms with Crippen LogP contribution in [0.3, 0.4) is 0 Å². The maximum absolute atomic E-state index is 5.62. The first kappa shape index (κ1) is 14.7. The second kappa shape index (κ2) is 7.87. The fourth-order valence-electron chi connectivity index (χ4n) is 1.60. The number of rotatable bonds is 6. The smallest absolute Gasteiger partial charge is 0.265 e. The number of aromatic nitrogens is 3. The molecule has 1 aromatic carbocycles. The minimum absolute atomic E-state index is 0. The quantitative estimate of drug-likeness (QED) is 0.489. The number of para-hydroxylation sites is 1. The fraction of sp³-hybridized carbons (Fsp3) is 0.385. The molecule has 0 fully saturated rings. The van der Waals surface area contributed by atoms with Gasteiger partial charge in [-0.2, -0.15) is 0 Å². The standard InChI is InChI=1S/C13H18N3O.BrH/c1-2-16-12-15(11-14-16)9-6-10-17-13-7-4-3-5-8-13;/h3-5,7-8,11-12H,2,6,9-10H2,1H3;1H/q+1;/p-1. The lowest BCUT2D eigenvalue weighted by molar-refractivity contribution is -0.698. The van der Waals surface area contributed by atoms with Gasteiger partial charge in [0.05, 0.1) is 13.2 Å². The topological polar surface area (TPSA) is 30.9 Å². The van der Waals surface area contributed by atoms with Crippen molar-refractivity contribution in [2.45, 2.75) is 26.4 Å². The number of nitrogens with zero attached hydrogens (tertiary/aromatic N) is 3. The lowest BCUT2D eigenvalue weighted by atomic mass is 10.3. The summed E-state index contributed by atoms with van der Waals surface area (Å²) in [7, 11) is 0. The molecule has 4 nitrogen and oxygen atoms in total. The van der Waals surface area contributed by atoms with Crippen LogP contribution in [0.2, 0.25) is 0 Å². The Bertz CT molecular complexity index is 445. The lowest BCUT2D eigenvalue weighted by Gasteiger charge is -2.04. The van der Waals surface area contributed by atoms with E-state index in [2.05, 4.69) is 16.6 Å². The van der Waals surface area contributed by atoms with Gasteiger partial charge >= 0.3 is 0 Å². The molecule has 0 saturated heterocycles. The Kier molecular flexibility index (Phi) is 6.43. The average Bonchev–Trinajstić information content (AvgIpc) is 2.84. The number of benzene rings is 1. The molecule has 2 aromatic rings. The maximum atomic E-state index is 5.62. The van der Waals surface area contributed by atoms with Gasteiger partial charge in [0, 0.05) is 11.5 Å². The molecule has 0 saturated carbocycles. The van der Waals surface area contributed by atoms with Crippen molar-refractivity contribution in [2.24, 2.45) is 0 Å². The van der Waals surface area contributed by atoms with Crippen LogP contribution in [0.25, 0.3) is 0 Å². The molecule has 2 rings (SSSR count). The molecule has 0 bridgehead atoms. The van der Waals surface area contributed by atoms with Gasteiger partial charge in [-0.1, -0.05) is 18.2 Å². The van der Waals surface area contributed by atoms with E-state index < -0.39 is 0 Å². The van der Waals surface area contributed by atoms with Crippen molar-refractivity contribution in [3.8, 4) is 5.75 Å². The number of aryl methyl sites for hydroxylation is 2. The summed E-state index contributed by atoms with van der Waals surface area (Å²) in [5.74, 6) is 0.932. The first-order chi connectivity index (χ1) is 8.38. The van der Waals surface area contributed by atoms with E-state index >= 15 is 0 Å². The Morgan fingerprint density at radius 1 is 1.28 bits per heavy atom. The van der Waals surface area contributed by atoms with Gasteiger partial charge in [0.25, 0.3) is 6.33 Å². The Morgan fingerprint density at radius 3 is 2.72 bits per heavy atom. The van der Waals surface area contributed by atoms with Crippen LogP contribution in [0.15, 0.2) is 43.0 Å². The zero-order chi connectivity index (χ0) is 11.9. The maximum Gasteiger partial charge on any atom is 0.265 e. The summed E-state index contributed by atoms with van der Waals surface area (Å²) >= 11 is 0. The molecule has 0 atom stereocenters. The van der Waals surface area contributed by atoms with E-state index in [9.17, 15) is 0 Å². The van der Waals surface area contributed by atoms with Crippen molar-refractivity contribution in [3.05, 3.63) is 43.0 Å². The zero-order valence-electron chi connectivity index (χ0n) is 10.5. The van der Waals surface area contributed by atoms with E-state index in [1.54, 1.807) is 0 Å². The minimum Gasteiger partial charge on any atom is -1.00 e. The number of halogens is 1. The van der Waals surface area contributed by atoms with Gasteiger partial charge < -0.3 is 21.7 Å². The van der Waals surface area contributed by atoms with E-state index in [0.717, 1.165) is 31.9 Å². The largest absolute Gasteiger partial charge is 1.00 e. The number of ether oxygens (including phenoxy) is 1. The molecule has 0 unspecified atom stereocenters. The molecule has 0 aliphatic rings. The van der Waals surface area contributed by atoms with E-state index in [1.807, 2.05) is 47.7 Å². The Labute approximate surface area is 118 Å². The van der Waals surface area contributed by atoms with Crippen LogP contribution in [-0.2, 0) is 13.1 Å². The van der Waals surface area contributed by atoms with Gasteiger partial charge in [0.15, 0.2) is 0 Å². The summed E-state index contributed by atoms with van der Waals surface area (Å²) in [6.45, 7) is 4.66. The third-order valence-electron chi connectivity index (χ3n) is 2.53. The molecule has 1 heterocycles. The molecule has 0 spiro atoms. The Morgan fingerprint density at radius 2 is 2.06 bits per heavy atom. The van der Waals surface area contributed by atoms with Crippen molar-refractivity contribution >= 4 is 0 Å². The highest BCUT2D eigenvalue weighted by molar-refractivity contribution is 5.20. The molecule has 5 heteroatoms.